The minimum atomic E-state index is -1.14. The van der Waals surface area contributed by atoms with Crippen LogP contribution in [0.2, 0.25) is 0 Å². The van der Waals surface area contributed by atoms with E-state index in [1.54, 1.807) is 20.9 Å². The van der Waals surface area contributed by atoms with Crippen molar-refractivity contribution in [2.75, 3.05) is 0 Å². The van der Waals surface area contributed by atoms with Crippen LogP contribution in [0.25, 0.3) is 11.4 Å². The SMILES string of the molecule is Cn1c(-c2ccc(C(N)=O)cc2F)nnc1C(C)(C)Oc1cc(F)cc(F)c1. The number of hydrogen-bond acceptors (Lipinski definition) is 4. The standard InChI is InChI=1S/C19H17F3N4O2/c1-19(2,28-13-8-11(20)7-12(21)9-13)18-25-24-17(26(18)3)14-5-4-10(16(23)27)6-15(14)22/h4-9H,1-3H3,(H2,23,27). The maximum atomic E-state index is 14.4. The number of primary amides is 1. The second kappa shape index (κ2) is 6.99. The van der Waals surface area contributed by atoms with Gasteiger partial charge in [-0.2, -0.15) is 0 Å². The number of aromatic nitrogens is 3. The maximum absolute atomic E-state index is 14.4. The Bertz CT molecular complexity index is 1040. The smallest absolute Gasteiger partial charge is 0.248 e. The van der Waals surface area contributed by atoms with Crippen LogP contribution in [0.3, 0.4) is 0 Å². The van der Waals surface area contributed by atoms with Crippen LogP contribution in [0.1, 0.15) is 30.0 Å². The highest BCUT2D eigenvalue weighted by Crippen LogP contribution is 2.30. The maximum Gasteiger partial charge on any atom is 0.248 e. The molecule has 3 aromatic rings. The van der Waals surface area contributed by atoms with Gasteiger partial charge in [-0.05, 0) is 32.0 Å². The molecule has 0 aliphatic carbocycles. The van der Waals surface area contributed by atoms with Crippen LogP contribution < -0.4 is 10.5 Å². The van der Waals surface area contributed by atoms with Gasteiger partial charge in [0.25, 0.3) is 0 Å². The number of carbonyl (C=O) groups excluding carboxylic acids is 1. The van der Waals surface area contributed by atoms with E-state index in [1.807, 2.05) is 0 Å². The summed E-state index contributed by atoms with van der Waals surface area (Å²) in [7, 11) is 1.60. The number of carbonyl (C=O) groups is 1. The number of amides is 1. The highest BCUT2D eigenvalue weighted by molar-refractivity contribution is 5.93. The fourth-order valence-corrected chi connectivity index (χ4v) is 2.87. The van der Waals surface area contributed by atoms with Gasteiger partial charge >= 0.3 is 0 Å². The van der Waals surface area contributed by atoms with E-state index in [0.29, 0.717) is 5.82 Å². The summed E-state index contributed by atoms with van der Waals surface area (Å²) in [5.41, 5.74) is 4.15. The first-order valence-electron chi connectivity index (χ1n) is 8.23. The van der Waals surface area contributed by atoms with Gasteiger partial charge in [-0.3, -0.25) is 4.79 Å². The van der Waals surface area contributed by atoms with Gasteiger partial charge in [0.2, 0.25) is 5.91 Å². The molecule has 0 fully saturated rings. The molecule has 0 aliphatic rings. The van der Waals surface area contributed by atoms with Crippen LogP contribution in [0.5, 0.6) is 5.75 Å². The van der Waals surface area contributed by atoms with E-state index in [9.17, 15) is 18.0 Å². The number of hydrogen-bond donors (Lipinski definition) is 1. The molecule has 3 rings (SSSR count). The number of nitrogens with two attached hydrogens (primary N) is 1. The number of halogens is 3. The van der Waals surface area contributed by atoms with Gasteiger partial charge in [-0.25, -0.2) is 13.2 Å². The Kier molecular flexibility index (Phi) is 4.84. The Morgan fingerprint density at radius 3 is 2.29 bits per heavy atom. The first-order chi connectivity index (χ1) is 13.1. The molecule has 6 nitrogen and oxygen atoms in total. The lowest BCUT2D eigenvalue weighted by atomic mass is 10.1. The summed E-state index contributed by atoms with van der Waals surface area (Å²) in [6, 6.07) is 6.60. The van der Waals surface area contributed by atoms with E-state index in [1.165, 1.54) is 16.7 Å². The zero-order chi connectivity index (χ0) is 20.6. The third-order valence-corrected chi connectivity index (χ3v) is 4.12. The van der Waals surface area contributed by atoms with Gasteiger partial charge < -0.3 is 15.0 Å². The monoisotopic (exact) mass is 390 g/mol. The molecule has 0 unspecified atom stereocenters. The lowest BCUT2D eigenvalue weighted by Crippen LogP contribution is -2.29. The first-order valence-corrected chi connectivity index (χ1v) is 8.23. The molecule has 0 saturated heterocycles. The van der Waals surface area contributed by atoms with Gasteiger partial charge in [-0.1, -0.05) is 0 Å². The third-order valence-electron chi connectivity index (χ3n) is 4.12. The van der Waals surface area contributed by atoms with E-state index in [0.717, 1.165) is 24.3 Å². The molecule has 28 heavy (non-hydrogen) atoms. The largest absolute Gasteiger partial charge is 0.480 e. The number of ether oxygens (including phenoxy) is 1. The van der Waals surface area contributed by atoms with Gasteiger partial charge in [0, 0.05) is 30.8 Å². The van der Waals surface area contributed by atoms with Crippen LogP contribution in [-0.2, 0) is 12.6 Å². The molecule has 0 saturated carbocycles. The average molecular weight is 390 g/mol. The fourth-order valence-electron chi connectivity index (χ4n) is 2.87. The summed E-state index contributed by atoms with van der Waals surface area (Å²) < 4.78 is 48.4. The van der Waals surface area contributed by atoms with Crippen molar-refractivity contribution in [3.8, 4) is 17.1 Å². The van der Waals surface area contributed by atoms with E-state index >= 15 is 0 Å². The van der Waals surface area contributed by atoms with Crippen molar-refractivity contribution >= 4 is 5.91 Å². The summed E-state index contributed by atoms with van der Waals surface area (Å²) in [5, 5.41) is 8.04. The second-order valence-electron chi connectivity index (χ2n) is 6.68. The van der Waals surface area contributed by atoms with E-state index in [4.69, 9.17) is 10.5 Å². The normalized spacial score (nSPS) is 11.5. The summed E-state index contributed by atoms with van der Waals surface area (Å²) in [5.74, 6) is -2.53. The van der Waals surface area contributed by atoms with Gasteiger partial charge in [-0.15, -0.1) is 10.2 Å². The molecule has 146 valence electrons. The minimum absolute atomic E-state index is 0.0240. The summed E-state index contributed by atoms with van der Waals surface area (Å²) in [6.45, 7) is 3.27. The molecule has 0 spiro atoms. The van der Waals surface area contributed by atoms with Gasteiger partial charge in [0.05, 0.1) is 5.56 Å². The molecule has 1 heterocycles. The topological polar surface area (TPSA) is 83.0 Å². The van der Waals surface area contributed by atoms with E-state index in [2.05, 4.69) is 10.2 Å². The minimum Gasteiger partial charge on any atom is -0.480 e. The van der Waals surface area contributed by atoms with E-state index < -0.39 is 29.0 Å². The quantitative estimate of drug-likeness (QED) is 0.725. The predicted octanol–water partition coefficient (Wildman–Crippen LogP) is 3.31. The first kappa shape index (κ1) is 19.4. The van der Waals surface area contributed by atoms with Crippen LogP contribution in [0.4, 0.5) is 13.2 Å². The fraction of sp³-hybridized carbons (Fsp3) is 0.211. The molecule has 1 aromatic heterocycles. The Hall–Kier alpha value is -3.36. The highest BCUT2D eigenvalue weighted by atomic mass is 19.1. The lowest BCUT2D eigenvalue weighted by molar-refractivity contribution is 0.0940. The molecule has 1 amide bonds. The van der Waals surface area contributed by atoms with Crippen molar-refractivity contribution in [3.63, 3.8) is 0 Å². The van der Waals surface area contributed by atoms with Crippen LogP contribution in [-0.4, -0.2) is 20.7 Å². The Balaban J connectivity index is 1.96. The molecule has 0 radical (unpaired) electrons. The molecule has 0 aliphatic heterocycles. The Morgan fingerprint density at radius 1 is 1.07 bits per heavy atom. The highest BCUT2D eigenvalue weighted by Gasteiger charge is 2.31. The molecule has 9 heteroatoms. The molecule has 0 bridgehead atoms. The molecular weight excluding hydrogens is 373 g/mol. The van der Waals surface area contributed by atoms with Crippen molar-refractivity contribution in [3.05, 3.63) is 65.2 Å². The lowest BCUT2D eigenvalue weighted by Gasteiger charge is -2.25. The Morgan fingerprint density at radius 2 is 1.71 bits per heavy atom. The number of rotatable bonds is 5. The molecule has 2 N–H and O–H groups in total. The molecule has 0 atom stereocenters. The zero-order valence-corrected chi connectivity index (χ0v) is 15.3. The molecule has 2 aromatic carbocycles. The third kappa shape index (κ3) is 3.68. The van der Waals surface area contributed by atoms with Crippen molar-refractivity contribution in [1.29, 1.82) is 0 Å². The number of benzene rings is 2. The second-order valence-corrected chi connectivity index (χ2v) is 6.68. The summed E-state index contributed by atoms with van der Waals surface area (Å²) >= 11 is 0. The number of nitrogens with zero attached hydrogens (tertiary/aromatic N) is 3. The predicted molar refractivity (Wildman–Crippen MR) is 94.9 cm³/mol. The summed E-state index contributed by atoms with van der Waals surface area (Å²) in [4.78, 5) is 11.2. The van der Waals surface area contributed by atoms with Crippen LogP contribution in [0, 0.1) is 17.5 Å². The van der Waals surface area contributed by atoms with Crippen molar-refractivity contribution in [2.24, 2.45) is 12.8 Å². The summed E-state index contributed by atoms with van der Waals surface area (Å²) in [6.07, 6.45) is 0. The van der Waals surface area contributed by atoms with Gasteiger partial charge in [0.1, 0.15) is 23.2 Å². The van der Waals surface area contributed by atoms with Crippen molar-refractivity contribution < 1.29 is 22.7 Å². The van der Waals surface area contributed by atoms with Crippen LogP contribution in [0.15, 0.2) is 36.4 Å². The molecular formula is C19H17F3N4O2. The average Bonchev–Trinajstić information content (AvgIpc) is 2.95. The Labute approximate surface area is 158 Å². The van der Waals surface area contributed by atoms with Gasteiger partial charge in [0.15, 0.2) is 17.2 Å². The van der Waals surface area contributed by atoms with Crippen LogP contribution >= 0.6 is 0 Å². The van der Waals surface area contributed by atoms with Crippen molar-refractivity contribution in [1.82, 2.24) is 14.8 Å². The zero-order valence-electron chi connectivity index (χ0n) is 15.3. The van der Waals surface area contributed by atoms with E-state index in [-0.39, 0.29) is 22.7 Å². The van der Waals surface area contributed by atoms with Crippen molar-refractivity contribution in [2.45, 2.75) is 19.4 Å².